The summed E-state index contributed by atoms with van der Waals surface area (Å²) in [6, 6.07) is 8.81. The highest BCUT2D eigenvalue weighted by molar-refractivity contribution is 7.89. The minimum absolute atomic E-state index is 0.0541. The van der Waals surface area contributed by atoms with Gasteiger partial charge in [-0.05, 0) is 37.5 Å². The maximum absolute atomic E-state index is 14.3. The Labute approximate surface area is 180 Å². The number of carbonyl (C=O) groups is 1. The van der Waals surface area contributed by atoms with Crippen molar-refractivity contribution in [2.45, 2.75) is 44.7 Å². The molecule has 0 amide bonds. The summed E-state index contributed by atoms with van der Waals surface area (Å²) in [4.78, 5) is 22.7. The summed E-state index contributed by atoms with van der Waals surface area (Å²) in [7, 11) is -4.32. The Morgan fingerprint density at radius 3 is 2.29 bits per heavy atom. The number of halogens is 1. The number of sulfonamides is 1. The van der Waals surface area contributed by atoms with Crippen molar-refractivity contribution < 1.29 is 27.3 Å². The van der Waals surface area contributed by atoms with E-state index >= 15 is 0 Å². The molecule has 0 bridgehead atoms. The van der Waals surface area contributed by atoms with Gasteiger partial charge in [0.15, 0.2) is 0 Å². The van der Waals surface area contributed by atoms with Gasteiger partial charge in [-0.1, -0.05) is 32.0 Å². The number of ether oxygens (including phenoxy) is 1. The Balaban J connectivity index is 2.59. The number of nitrogens with zero attached hydrogens (tertiary/aromatic N) is 2. The Kier molecular flexibility index (Phi) is 8.23. The molecule has 0 aliphatic heterocycles. The summed E-state index contributed by atoms with van der Waals surface area (Å²) in [5.41, 5.74) is -0.185. The van der Waals surface area contributed by atoms with Crippen LogP contribution in [0.1, 0.15) is 32.8 Å². The fourth-order valence-electron chi connectivity index (χ4n) is 3.05. The highest BCUT2D eigenvalue weighted by atomic mass is 32.2. The van der Waals surface area contributed by atoms with Crippen molar-refractivity contribution in [3.63, 3.8) is 0 Å². The van der Waals surface area contributed by atoms with Crippen LogP contribution in [-0.2, 0) is 26.1 Å². The van der Waals surface area contributed by atoms with Gasteiger partial charge in [0.25, 0.3) is 5.69 Å². The van der Waals surface area contributed by atoms with E-state index in [2.05, 4.69) is 0 Å². The molecule has 0 unspecified atom stereocenters. The number of non-ortho nitro benzene ring substituents is 1. The minimum Gasteiger partial charge on any atom is -0.465 e. The molecule has 0 radical (unpaired) electrons. The number of carbonyl (C=O) groups excluding carboxylic acids is 1. The smallest absolute Gasteiger partial charge is 0.324 e. The van der Waals surface area contributed by atoms with Gasteiger partial charge >= 0.3 is 5.97 Å². The zero-order chi connectivity index (χ0) is 23.2. The van der Waals surface area contributed by atoms with Crippen molar-refractivity contribution in [2.24, 2.45) is 5.92 Å². The van der Waals surface area contributed by atoms with E-state index in [-0.39, 0.29) is 35.1 Å². The molecule has 0 saturated carbocycles. The first kappa shape index (κ1) is 24.4. The molecule has 168 valence electrons. The Hall–Kier alpha value is -2.85. The number of hydrogen-bond acceptors (Lipinski definition) is 6. The number of esters is 1. The second kappa shape index (κ2) is 10.5. The molecular weight excluding hydrogens is 427 g/mol. The molecular formula is C21H25FN2O6S. The molecule has 0 aliphatic rings. The van der Waals surface area contributed by atoms with Crippen LogP contribution in [0.4, 0.5) is 10.1 Å². The first-order chi connectivity index (χ1) is 14.6. The molecule has 0 aliphatic carbocycles. The number of hydrogen-bond donors (Lipinski definition) is 0. The van der Waals surface area contributed by atoms with E-state index < -0.39 is 39.3 Å². The lowest BCUT2D eigenvalue weighted by Crippen LogP contribution is -2.46. The SMILES string of the molecule is CCOC(=O)[C@@H](CC(C)C)N(Cc1ccccc1F)S(=O)(=O)c1ccc([N+](=O)[O-])cc1. The van der Waals surface area contributed by atoms with Gasteiger partial charge in [-0.15, -0.1) is 0 Å². The average Bonchev–Trinajstić information content (AvgIpc) is 2.71. The predicted molar refractivity (Wildman–Crippen MR) is 112 cm³/mol. The van der Waals surface area contributed by atoms with Gasteiger partial charge in [-0.25, -0.2) is 12.8 Å². The highest BCUT2D eigenvalue weighted by Gasteiger charge is 2.38. The Morgan fingerprint density at radius 2 is 1.77 bits per heavy atom. The standard InChI is InChI=1S/C21H25FN2O6S/c1-4-30-21(25)20(13-15(2)3)23(14-16-7-5-6-8-19(16)22)31(28,29)18-11-9-17(10-12-18)24(26)27/h5-12,15,20H,4,13-14H2,1-3H3/t20-/m1/s1. The highest BCUT2D eigenvalue weighted by Crippen LogP contribution is 2.27. The van der Waals surface area contributed by atoms with E-state index in [1.54, 1.807) is 13.0 Å². The third-order valence-corrected chi connectivity index (χ3v) is 6.41. The molecule has 0 spiro atoms. The first-order valence-electron chi connectivity index (χ1n) is 9.74. The zero-order valence-corrected chi connectivity index (χ0v) is 18.3. The quantitative estimate of drug-likeness (QED) is 0.307. The van der Waals surface area contributed by atoms with Gasteiger partial charge in [0.1, 0.15) is 11.9 Å². The summed E-state index contributed by atoms with van der Waals surface area (Å²) in [6.45, 7) is 4.91. The molecule has 31 heavy (non-hydrogen) atoms. The molecule has 10 heteroatoms. The summed E-state index contributed by atoms with van der Waals surface area (Å²) >= 11 is 0. The van der Waals surface area contributed by atoms with Gasteiger partial charge in [0.05, 0.1) is 16.4 Å². The predicted octanol–water partition coefficient (Wildman–Crippen LogP) is 3.90. The molecule has 0 aromatic heterocycles. The molecule has 2 rings (SSSR count). The van der Waals surface area contributed by atoms with Gasteiger partial charge in [-0.2, -0.15) is 4.31 Å². The Bertz CT molecular complexity index is 1020. The monoisotopic (exact) mass is 452 g/mol. The molecule has 0 saturated heterocycles. The van der Waals surface area contributed by atoms with E-state index in [1.807, 2.05) is 13.8 Å². The van der Waals surface area contributed by atoms with E-state index in [9.17, 15) is 27.7 Å². The third kappa shape index (κ3) is 6.08. The molecule has 0 heterocycles. The molecule has 1 atom stereocenters. The van der Waals surface area contributed by atoms with Crippen LogP contribution in [0.3, 0.4) is 0 Å². The summed E-state index contributed by atoms with van der Waals surface area (Å²) < 4.78 is 47.3. The van der Waals surface area contributed by atoms with Crippen LogP contribution in [0.15, 0.2) is 53.4 Å². The molecule has 0 N–H and O–H groups in total. The molecule has 2 aromatic rings. The molecule has 2 aromatic carbocycles. The fourth-order valence-corrected chi connectivity index (χ4v) is 4.62. The lowest BCUT2D eigenvalue weighted by molar-refractivity contribution is -0.384. The van der Waals surface area contributed by atoms with Crippen LogP contribution in [0, 0.1) is 21.8 Å². The van der Waals surface area contributed by atoms with Crippen molar-refractivity contribution in [1.82, 2.24) is 4.31 Å². The van der Waals surface area contributed by atoms with Crippen LogP contribution >= 0.6 is 0 Å². The van der Waals surface area contributed by atoms with Gasteiger partial charge < -0.3 is 4.74 Å². The fraction of sp³-hybridized carbons (Fsp3) is 0.381. The largest absolute Gasteiger partial charge is 0.465 e. The number of rotatable bonds is 10. The zero-order valence-electron chi connectivity index (χ0n) is 17.5. The number of benzene rings is 2. The maximum atomic E-state index is 14.3. The summed E-state index contributed by atoms with van der Waals surface area (Å²) in [5, 5.41) is 10.9. The van der Waals surface area contributed by atoms with Crippen molar-refractivity contribution in [1.29, 1.82) is 0 Å². The van der Waals surface area contributed by atoms with E-state index in [1.165, 1.54) is 18.2 Å². The van der Waals surface area contributed by atoms with Crippen molar-refractivity contribution >= 4 is 21.7 Å². The van der Waals surface area contributed by atoms with Gasteiger partial charge in [0.2, 0.25) is 10.0 Å². The lowest BCUT2D eigenvalue weighted by atomic mass is 10.0. The van der Waals surface area contributed by atoms with Crippen molar-refractivity contribution in [3.05, 3.63) is 70.0 Å². The van der Waals surface area contributed by atoms with Crippen LogP contribution in [0.25, 0.3) is 0 Å². The maximum Gasteiger partial charge on any atom is 0.324 e. The molecule has 0 fully saturated rings. The third-order valence-electron chi connectivity index (χ3n) is 4.54. The first-order valence-corrected chi connectivity index (χ1v) is 11.2. The van der Waals surface area contributed by atoms with Crippen LogP contribution in [-0.4, -0.2) is 36.3 Å². The Morgan fingerprint density at radius 1 is 1.16 bits per heavy atom. The van der Waals surface area contributed by atoms with E-state index in [4.69, 9.17) is 4.74 Å². The topological polar surface area (TPSA) is 107 Å². The average molecular weight is 453 g/mol. The number of nitro groups is 1. The van der Waals surface area contributed by atoms with Crippen LogP contribution in [0.2, 0.25) is 0 Å². The van der Waals surface area contributed by atoms with Crippen molar-refractivity contribution in [3.8, 4) is 0 Å². The van der Waals surface area contributed by atoms with Gasteiger partial charge in [0, 0.05) is 24.2 Å². The van der Waals surface area contributed by atoms with Crippen LogP contribution in [0.5, 0.6) is 0 Å². The molecule has 8 nitrogen and oxygen atoms in total. The van der Waals surface area contributed by atoms with Gasteiger partial charge in [-0.3, -0.25) is 14.9 Å². The van der Waals surface area contributed by atoms with Crippen LogP contribution < -0.4 is 0 Å². The van der Waals surface area contributed by atoms with E-state index in [0.29, 0.717) is 0 Å². The number of nitro benzene ring substituents is 1. The van der Waals surface area contributed by atoms with E-state index in [0.717, 1.165) is 28.6 Å². The van der Waals surface area contributed by atoms with Crippen molar-refractivity contribution in [2.75, 3.05) is 6.61 Å². The minimum atomic E-state index is -4.32. The lowest BCUT2D eigenvalue weighted by Gasteiger charge is -2.30. The second-order valence-electron chi connectivity index (χ2n) is 7.29. The summed E-state index contributed by atoms with van der Waals surface area (Å²) in [5.74, 6) is -1.42. The summed E-state index contributed by atoms with van der Waals surface area (Å²) in [6.07, 6.45) is 0.152. The second-order valence-corrected chi connectivity index (χ2v) is 9.18. The normalized spacial score (nSPS) is 12.7.